The minimum Gasteiger partial charge on any atom is -0.870 e. The van der Waals surface area contributed by atoms with Gasteiger partial charge in [-0.2, -0.15) is 0 Å². The average Bonchev–Trinajstić information content (AvgIpc) is 3.26. The number of aliphatic carboxylic acids is 2. The van der Waals surface area contributed by atoms with Crippen LogP contribution < -0.4 is 29.6 Å². The summed E-state index contributed by atoms with van der Waals surface area (Å²) in [5.74, 6) is -2.16. The van der Waals surface area contributed by atoms with E-state index in [1.807, 2.05) is 0 Å². The van der Waals surface area contributed by atoms with E-state index < -0.39 is 17.9 Å². The van der Waals surface area contributed by atoms with Crippen LogP contribution in [-0.2, 0) is 77.6 Å². The smallest absolute Gasteiger partial charge is 0.870 e. The van der Waals surface area contributed by atoms with Crippen LogP contribution in [0.15, 0.2) is 24.8 Å². The Kier molecular flexibility index (Phi) is 60.0. The quantitative estimate of drug-likeness (QED) is 0.0883. The number of carbonyl (C=O) groups is 5. The SMILES string of the molecule is C=CC(=O)OC.COC(=O)/C=C/[C@@H]1CCCCO1.Cl.O=C(O)CC[C@@H]1CCCCO1.O=C(O)CC[C@@H]1CCCCO1.O=C[C@@H]1CCCCO1.OC[C@@H]1CCCCO1.[CH3-].[Na+].[OH-].[Pd]. The molecular formula is C42H75ClNaO16Pd-. The molecule has 4 N–H and O–H groups in total. The summed E-state index contributed by atoms with van der Waals surface area (Å²) < 4.78 is 34.9. The second kappa shape index (κ2) is 51.3. The Labute approximate surface area is 406 Å². The number of esters is 2. The molecule has 0 aromatic heterocycles. The van der Waals surface area contributed by atoms with Gasteiger partial charge in [-0.3, -0.25) is 9.59 Å². The van der Waals surface area contributed by atoms with E-state index >= 15 is 0 Å². The van der Waals surface area contributed by atoms with Crippen LogP contribution in [0.25, 0.3) is 0 Å². The fourth-order valence-corrected chi connectivity index (χ4v) is 5.72. The number of aliphatic hydroxyl groups excluding tert-OH is 1. The van der Waals surface area contributed by atoms with Gasteiger partial charge in [0.05, 0.1) is 45.2 Å². The van der Waals surface area contributed by atoms with Gasteiger partial charge in [0.2, 0.25) is 0 Å². The van der Waals surface area contributed by atoms with E-state index in [-0.39, 0.29) is 131 Å². The first-order valence-corrected chi connectivity index (χ1v) is 20.1. The molecule has 0 aliphatic carbocycles. The maximum absolute atomic E-state index is 10.7. The van der Waals surface area contributed by atoms with Crippen molar-refractivity contribution < 1.29 is 128 Å². The molecule has 19 heteroatoms. The van der Waals surface area contributed by atoms with Gasteiger partial charge in [-0.05, 0) is 115 Å². The van der Waals surface area contributed by atoms with Crippen LogP contribution >= 0.6 is 12.4 Å². The van der Waals surface area contributed by atoms with Crippen molar-refractivity contribution in [2.75, 3.05) is 53.9 Å². The average molecular weight is 1000 g/mol. The van der Waals surface area contributed by atoms with Gasteiger partial charge in [-0.25, -0.2) is 9.59 Å². The van der Waals surface area contributed by atoms with Crippen molar-refractivity contribution >= 4 is 42.6 Å². The molecule has 5 saturated heterocycles. The number of methoxy groups -OCH3 is 2. The molecule has 0 bridgehead atoms. The van der Waals surface area contributed by atoms with Crippen molar-refractivity contribution in [3.8, 4) is 0 Å². The maximum atomic E-state index is 10.7. The van der Waals surface area contributed by atoms with Gasteiger partial charge in [0.25, 0.3) is 0 Å². The molecule has 5 aliphatic heterocycles. The number of carboxylic acids is 2. The zero-order chi connectivity index (χ0) is 41.7. The summed E-state index contributed by atoms with van der Waals surface area (Å²) in [6.07, 6.45) is 24.2. The summed E-state index contributed by atoms with van der Waals surface area (Å²) in [5.41, 5.74) is 0. The van der Waals surface area contributed by atoms with Crippen LogP contribution in [0.3, 0.4) is 0 Å². The van der Waals surface area contributed by atoms with Gasteiger partial charge in [0.15, 0.2) is 0 Å². The fraction of sp³-hybridized carbons (Fsp3) is 0.762. The number of aliphatic hydroxyl groups is 1. The molecule has 16 nitrogen and oxygen atoms in total. The number of ether oxygens (including phenoxy) is 7. The molecule has 5 aliphatic rings. The number of halogens is 1. The zero-order valence-electron chi connectivity index (χ0n) is 37.0. The molecule has 0 aromatic carbocycles. The standard InChI is InChI=1S/C9H14O3.2C8H14O3.C6H12O2.C6H10O2.C4H6O2.CH3.ClH.Na.H2O.Pd/c1-11-9(10)6-5-8-4-2-3-7-12-8;2*9-8(10)5-4-7-3-1-2-6-11-7;2*7-5-6-3-1-2-4-8-6;1-3-4(5)6-2;;;;;/h5-6,8H,2-4,7H2,1H3;2*7H,1-6H2,(H,9,10);6-7H,1-5H2;5-6H,1-4H2;3H,1H2,2H3;1H3;1H;;1H2;/q;;;;;;-1;;+1;;/p-1/b6-5+;;;;;;;;;;/t8-;2*7-;2*6-;;;;;;/m00000....../s1. The summed E-state index contributed by atoms with van der Waals surface area (Å²) in [7, 11) is 2.68. The fourth-order valence-electron chi connectivity index (χ4n) is 5.72. The van der Waals surface area contributed by atoms with E-state index in [4.69, 9.17) is 39.0 Å². The Balaban J connectivity index is -0.000000148. The third-order valence-electron chi connectivity index (χ3n) is 8.98. The van der Waals surface area contributed by atoms with Crippen molar-refractivity contribution in [1.29, 1.82) is 0 Å². The van der Waals surface area contributed by atoms with Crippen LogP contribution in [0.4, 0.5) is 0 Å². The Bertz CT molecular complexity index is 1030. The maximum Gasteiger partial charge on any atom is 1.00 e. The molecule has 0 aromatic rings. The van der Waals surface area contributed by atoms with E-state index in [1.165, 1.54) is 46.0 Å². The Morgan fingerprint density at radius 2 is 0.984 bits per heavy atom. The van der Waals surface area contributed by atoms with E-state index in [2.05, 4.69) is 16.1 Å². The predicted octanol–water partition coefficient (Wildman–Crippen LogP) is 3.47. The molecule has 0 radical (unpaired) electrons. The molecule has 0 amide bonds. The zero-order valence-corrected chi connectivity index (χ0v) is 41.4. The minimum atomic E-state index is -0.723. The minimum absolute atomic E-state index is 0. The second-order valence-corrected chi connectivity index (χ2v) is 13.6. The van der Waals surface area contributed by atoms with Gasteiger partial charge in [0.1, 0.15) is 12.4 Å². The number of hydrogen-bond acceptors (Lipinski definition) is 14. The van der Waals surface area contributed by atoms with Crippen molar-refractivity contribution in [1.82, 2.24) is 0 Å². The summed E-state index contributed by atoms with van der Waals surface area (Å²) in [6, 6.07) is 0. The molecule has 5 rings (SSSR count). The summed E-state index contributed by atoms with van der Waals surface area (Å²) >= 11 is 0. The van der Waals surface area contributed by atoms with E-state index in [0.717, 1.165) is 116 Å². The van der Waals surface area contributed by atoms with Crippen LogP contribution in [0.1, 0.15) is 122 Å². The van der Waals surface area contributed by atoms with E-state index in [1.54, 1.807) is 6.08 Å². The first kappa shape index (κ1) is 71.3. The molecule has 61 heavy (non-hydrogen) atoms. The largest absolute Gasteiger partial charge is 1.00 e. The van der Waals surface area contributed by atoms with Crippen LogP contribution in [0.5, 0.6) is 0 Å². The van der Waals surface area contributed by atoms with Gasteiger partial charge in [0, 0.05) is 78.5 Å². The normalized spacial score (nSPS) is 22.3. The molecule has 5 atom stereocenters. The van der Waals surface area contributed by atoms with Gasteiger partial charge in [-0.1, -0.05) is 6.58 Å². The first-order chi connectivity index (χ1) is 27.1. The topological polar surface area (TPSA) is 241 Å². The van der Waals surface area contributed by atoms with Crippen molar-refractivity contribution in [3.63, 3.8) is 0 Å². The number of carboxylic acid groups (broad SMARTS) is 2. The predicted molar refractivity (Wildman–Crippen MR) is 224 cm³/mol. The molecular weight excluding hydrogens is 925 g/mol. The monoisotopic (exact) mass is 999 g/mol. The number of aldehydes is 1. The van der Waals surface area contributed by atoms with Crippen molar-refractivity contribution in [2.45, 2.75) is 153 Å². The molecule has 5 fully saturated rings. The third-order valence-corrected chi connectivity index (χ3v) is 8.98. The van der Waals surface area contributed by atoms with Crippen molar-refractivity contribution in [2.24, 2.45) is 0 Å². The van der Waals surface area contributed by atoms with Crippen molar-refractivity contribution in [3.05, 3.63) is 32.2 Å². The van der Waals surface area contributed by atoms with Crippen LogP contribution in [-0.4, -0.2) is 135 Å². The Morgan fingerprint density at radius 1 is 0.623 bits per heavy atom. The van der Waals surface area contributed by atoms with Crippen LogP contribution in [0, 0.1) is 7.43 Å². The Hall–Kier alpha value is -1.30. The molecule has 0 unspecified atom stereocenters. The molecule has 0 spiro atoms. The summed E-state index contributed by atoms with van der Waals surface area (Å²) in [4.78, 5) is 50.9. The first-order valence-electron chi connectivity index (χ1n) is 20.1. The van der Waals surface area contributed by atoms with Gasteiger partial charge >= 0.3 is 53.4 Å². The summed E-state index contributed by atoms with van der Waals surface area (Å²) in [5, 5.41) is 25.3. The van der Waals surface area contributed by atoms with Crippen LogP contribution in [0.2, 0.25) is 0 Å². The third kappa shape index (κ3) is 46.5. The second-order valence-electron chi connectivity index (χ2n) is 13.6. The number of carbonyl (C=O) groups excluding carboxylic acids is 3. The van der Waals surface area contributed by atoms with E-state index in [0.29, 0.717) is 12.8 Å². The Morgan fingerprint density at radius 3 is 1.21 bits per heavy atom. The number of hydrogen-bond donors (Lipinski definition) is 3. The number of rotatable bonds is 11. The van der Waals surface area contributed by atoms with E-state index in [9.17, 15) is 24.0 Å². The molecule has 5 heterocycles. The molecule has 358 valence electrons. The van der Waals surface area contributed by atoms with Gasteiger partial charge < -0.3 is 66.2 Å². The summed E-state index contributed by atoms with van der Waals surface area (Å²) in [6.45, 7) is 7.38. The molecule has 0 saturated carbocycles. The van der Waals surface area contributed by atoms with Gasteiger partial charge in [-0.15, -0.1) is 12.4 Å².